The third-order valence-electron chi connectivity index (χ3n) is 5.59. The van der Waals surface area contributed by atoms with Crippen molar-refractivity contribution in [3.63, 3.8) is 0 Å². The molecule has 3 aromatic rings. The van der Waals surface area contributed by atoms with Gasteiger partial charge in [-0.05, 0) is 51.1 Å². The molecule has 168 valence electrons. The van der Waals surface area contributed by atoms with E-state index in [1.54, 1.807) is 0 Å². The van der Waals surface area contributed by atoms with Gasteiger partial charge in [0.2, 0.25) is 17.6 Å². The van der Waals surface area contributed by atoms with E-state index in [4.69, 9.17) is 9.26 Å². The molecule has 7 nitrogen and oxygen atoms in total. The Morgan fingerprint density at radius 3 is 2.81 bits per heavy atom. The summed E-state index contributed by atoms with van der Waals surface area (Å²) in [6, 6.07) is 15.6. The van der Waals surface area contributed by atoms with Gasteiger partial charge in [0.1, 0.15) is 5.75 Å². The number of nitrogens with zero attached hydrogens (tertiary/aromatic N) is 3. The van der Waals surface area contributed by atoms with E-state index in [1.165, 1.54) is 0 Å². The van der Waals surface area contributed by atoms with E-state index in [9.17, 15) is 4.79 Å². The van der Waals surface area contributed by atoms with Gasteiger partial charge in [0.05, 0.1) is 13.2 Å². The lowest BCUT2D eigenvalue weighted by Gasteiger charge is -2.30. The molecule has 8 heteroatoms. The molecule has 1 aromatic heterocycles. The van der Waals surface area contributed by atoms with E-state index in [2.05, 4.69) is 36.3 Å². The minimum absolute atomic E-state index is 0.0189. The van der Waals surface area contributed by atoms with Crippen molar-refractivity contribution in [1.29, 1.82) is 0 Å². The monoisotopic (exact) mass is 498 g/mol. The quantitative estimate of drug-likeness (QED) is 0.494. The molecule has 1 aliphatic heterocycles. The minimum atomic E-state index is 0.0189. The molecule has 0 saturated carbocycles. The maximum atomic E-state index is 12.7. The number of halogens is 1. The molecule has 1 fully saturated rings. The highest BCUT2D eigenvalue weighted by Crippen LogP contribution is 2.23. The summed E-state index contributed by atoms with van der Waals surface area (Å²) in [6.45, 7) is 5.28. The number of carbonyl (C=O) groups excluding carboxylic acids is 1. The van der Waals surface area contributed by atoms with Crippen LogP contribution < -0.4 is 10.1 Å². The zero-order valence-corrected chi connectivity index (χ0v) is 19.7. The topological polar surface area (TPSA) is 80.5 Å². The SMILES string of the molecule is CCOc1ccccc1CNC(=O)C1CCN(Cc2nc(-c3cccc(Br)c3)no2)CC1. The largest absolute Gasteiger partial charge is 0.494 e. The Hall–Kier alpha value is -2.71. The molecule has 0 spiro atoms. The van der Waals surface area contributed by atoms with Crippen LogP contribution in [-0.4, -0.2) is 40.6 Å². The summed E-state index contributed by atoms with van der Waals surface area (Å²) in [7, 11) is 0. The average molecular weight is 499 g/mol. The summed E-state index contributed by atoms with van der Waals surface area (Å²) >= 11 is 3.46. The normalized spacial score (nSPS) is 14.9. The predicted molar refractivity (Wildman–Crippen MR) is 125 cm³/mol. The molecule has 4 rings (SSSR count). The first-order valence-corrected chi connectivity index (χ1v) is 11.7. The first-order chi connectivity index (χ1) is 15.6. The van der Waals surface area contributed by atoms with E-state index in [-0.39, 0.29) is 11.8 Å². The summed E-state index contributed by atoms with van der Waals surface area (Å²) in [5.41, 5.74) is 1.91. The van der Waals surface area contributed by atoms with Crippen molar-refractivity contribution >= 4 is 21.8 Å². The van der Waals surface area contributed by atoms with Crippen molar-refractivity contribution in [3.05, 3.63) is 64.5 Å². The van der Waals surface area contributed by atoms with Gasteiger partial charge in [-0.15, -0.1) is 0 Å². The Kier molecular flexibility index (Phi) is 7.55. The van der Waals surface area contributed by atoms with Crippen LogP contribution in [0.2, 0.25) is 0 Å². The number of piperidine rings is 1. The maximum Gasteiger partial charge on any atom is 0.241 e. The van der Waals surface area contributed by atoms with E-state index >= 15 is 0 Å². The number of para-hydroxylation sites is 1. The van der Waals surface area contributed by atoms with Crippen molar-refractivity contribution in [2.45, 2.75) is 32.9 Å². The lowest BCUT2D eigenvalue weighted by Crippen LogP contribution is -2.40. The molecular weight excluding hydrogens is 472 g/mol. The van der Waals surface area contributed by atoms with Crippen molar-refractivity contribution in [1.82, 2.24) is 20.4 Å². The van der Waals surface area contributed by atoms with Crippen molar-refractivity contribution in [2.75, 3.05) is 19.7 Å². The fourth-order valence-corrected chi connectivity index (χ4v) is 4.28. The molecule has 1 saturated heterocycles. The number of nitrogens with one attached hydrogen (secondary N) is 1. The summed E-state index contributed by atoms with van der Waals surface area (Å²) in [6.07, 6.45) is 1.62. The van der Waals surface area contributed by atoms with Crippen LogP contribution in [0.1, 0.15) is 31.2 Å². The molecule has 0 aliphatic carbocycles. The number of likely N-dealkylation sites (tertiary alicyclic amines) is 1. The van der Waals surface area contributed by atoms with Crippen molar-refractivity contribution < 1.29 is 14.1 Å². The van der Waals surface area contributed by atoms with Crippen LogP contribution in [0.25, 0.3) is 11.4 Å². The number of amides is 1. The Balaban J connectivity index is 1.25. The van der Waals surface area contributed by atoms with Gasteiger partial charge in [-0.25, -0.2) is 0 Å². The zero-order valence-electron chi connectivity index (χ0n) is 18.1. The first kappa shape index (κ1) is 22.5. The Bertz CT molecular complexity index is 1050. The highest BCUT2D eigenvalue weighted by Gasteiger charge is 2.26. The van der Waals surface area contributed by atoms with Crippen LogP contribution in [0, 0.1) is 5.92 Å². The molecule has 2 aromatic carbocycles. The average Bonchev–Trinajstić information content (AvgIpc) is 3.27. The van der Waals surface area contributed by atoms with Gasteiger partial charge in [-0.2, -0.15) is 4.98 Å². The number of ether oxygens (including phenoxy) is 1. The standard InChI is InChI=1S/C24H27BrN4O3/c1-2-31-21-9-4-3-6-19(21)15-26-24(30)17-10-12-29(13-11-17)16-22-27-23(28-32-22)18-7-5-8-20(25)14-18/h3-9,14,17H,2,10-13,15-16H2,1H3,(H,26,30). The van der Waals surface area contributed by atoms with Gasteiger partial charge in [0.25, 0.3) is 0 Å². The highest BCUT2D eigenvalue weighted by atomic mass is 79.9. The number of hydrogen-bond donors (Lipinski definition) is 1. The lowest BCUT2D eigenvalue weighted by atomic mass is 9.96. The van der Waals surface area contributed by atoms with Crippen LogP contribution >= 0.6 is 15.9 Å². The molecule has 1 amide bonds. The zero-order chi connectivity index (χ0) is 22.3. The van der Waals surface area contributed by atoms with E-state index in [0.717, 1.165) is 47.3 Å². The summed E-state index contributed by atoms with van der Waals surface area (Å²) in [4.78, 5) is 19.5. The van der Waals surface area contributed by atoms with E-state index in [1.807, 2.05) is 55.5 Å². The number of carbonyl (C=O) groups is 1. The van der Waals surface area contributed by atoms with Crippen molar-refractivity contribution in [3.8, 4) is 17.1 Å². The second-order valence-corrected chi connectivity index (χ2v) is 8.75. The molecule has 0 unspecified atom stereocenters. The Morgan fingerprint density at radius 1 is 1.22 bits per heavy atom. The summed E-state index contributed by atoms with van der Waals surface area (Å²) in [5, 5.41) is 7.18. The molecule has 1 aliphatic rings. The predicted octanol–water partition coefficient (Wildman–Crippen LogP) is 4.43. The van der Waals surface area contributed by atoms with Gasteiger partial charge in [0, 0.05) is 28.1 Å². The summed E-state index contributed by atoms with van der Waals surface area (Å²) < 4.78 is 12.1. The number of aromatic nitrogens is 2. The minimum Gasteiger partial charge on any atom is -0.494 e. The van der Waals surface area contributed by atoms with Crippen LogP contribution in [0.4, 0.5) is 0 Å². The van der Waals surface area contributed by atoms with Gasteiger partial charge in [-0.3, -0.25) is 9.69 Å². The Morgan fingerprint density at radius 2 is 2.03 bits per heavy atom. The second-order valence-electron chi connectivity index (χ2n) is 7.83. The van der Waals surface area contributed by atoms with Gasteiger partial charge in [-0.1, -0.05) is 51.4 Å². The van der Waals surface area contributed by atoms with Crippen LogP contribution in [0.5, 0.6) is 5.75 Å². The molecule has 0 bridgehead atoms. The smallest absolute Gasteiger partial charge is 0.241 e. The van der Waals surface area contributed by atoms with Gasteiger partial charge in [0.15, 0.2) is 0 Å². The van der Waals surface area contributed by atoms with Gasteiger partial charge >= 0.3 is 0 Å². The second kappa shape index (κ2) is 10.7. The van der Waals surface area contributed by atoms with Crippen LogP contribution in [0.15, 0.2) is 57.5 Å². The lowest BCUT2D eigenvalue weighted by molar-refractivity contribution is -0.126. The molecule has 1 N–H and O–H groups in total. The number of hydrogen-bond acceptors (Lipinski definition) is 6. The third kappa shape index (κ3) is 5.75. The van der Waals surface area contributed by atoms with Crippen LogP contribution in [0.3, 0.4) is 0 Å². The van der Waals surface area contributed by atoms with Gasteiger partial charge < -0.3 is 14.6 Å². The maximum absolute atomic E-state index is 12.7. The first-order valence-electron chi connectivity index (χ1n) is 10.9. The molecule has 32 heavy (non-hydrogen) atoms. The third-order valence-corrected chi connectivity index (χ3v) is 6.09. The fraction of sp³-hybridized carbons (Fsp3) is 0.375. The molecule has 2 heterocycles. The number of rotatable bonds is 8. The highest BCUT2D eigenvalue weighted by molar-refractivity contribution is 9.10. The summed E-state index contributed by atoms with van der Waals surface area (Å²) in [5.74, 6) is 2.13. The molecule has 0 atom stereocenters. The van der Waals surface area contributed by atoms with Crippen molar-refractivity contribution in [2.24, 2.45) is 5.92 Å². The Labute approximate surface area is 196 Å². The molecular formula is C24H27BrN4O3. The number of benzene rings is 2. The van der Waals surface area contributed by atoms with E-state index < -0.39 is 0 Å². The van der Waals surface area contributed by atoms with E-state index in [0.29, 0.717) is 31.4 Å². The molecule has 0 radical (unpaired) electrons. The van der Waals surface area contributed by atoms with Crippen LogP contribution in [-0.2, 0) is 17.9 Å². The fourth-order valence-electron chi connectivity index (χ4n) is 3.88.